The smallest absolute Gasteiger partial charge is 0.372 e. The van der Waals surface area contributed by atoms with E-state index in [-0.39, 0.29) is 0 Å². The van der Waals surface area contributed by atoms with Gasteiger partial charge in [0.1, 0.15) is 0 Å². The molecule has 0 amide bonds. The average Bonchev–Trinajstić information content (AvgIpc) is 2.49. The highest BCUT2D eigenvalue weighted by Gasteiger charge is 2.38. The number of fused-ring (bicyclic) bond motifs is 1. The molecule has 0 radical (unpaired) electrons. The zero-order valence-electron chi connectivity index (χ0n) is 12.0. The molecule has 2 rings (SSSR count). The molecule has 102 valence electrons. The Morgan fingerprint density at radius 2 is 1.63 bits per heavy atom. The maximum absolute atomic E-state index is 5.90. The lowest BCUT2D eigenvalue weighted by atomic mass is 10.1. The van der Waals surface area contributed by atoms with Crippen LogP contribution in [0.15, 0.2) is 42.5 Å². The summed E-state index contributed by atoms with van der Waals surface area (Å²) < 4.78 is 11.8. The zero-order valence-corrected chi connectivity index (χ0v) is 13.0. The van der Waals surface area contributed by atoms with Crippen LogP contribution in [0.4, 0.5) is 0 Å². The van der Waals surface area contributed by atoms with Gasteiger partial charge in [0.2, 0.25) is 0 Å². The van der Waals surface area contributed by atoms with Crippen LogP contribution in [0.3, 0.4) is 0 Å². The van der Waals surface area contributed by atoms with Gasteiger partial charge in [-0.25, -0.2) is 0 Å². The Kier molecular flexibility index (Phi) is 4.74. The molecule has 0 spiro atoms. The fraction of sp³-hybridized carbons (Fsp3) is 0.375. The van der Waals surface area contributed by atoms with Gasteiger partial charge >= 0.3 is 8.56 Å². The summed E-state index contributed by atoms with van der Waals surface area (Å²) in [5, 5.41) is 3.77. The van der Waals surface area contributed by atoms with Crippen LogP contribution in [0, 0.1) is 0 Å². The number of hydrogen-bond donors (Lipinski definition) is 0. The standard InChI is InChI=1S/C16H22O2Si/c1-4-5-13-19(17-2,18-3)16-12-8-10-14-9-6-7-11-15(14)16/h6-12H,4-5,13H2,1-3H3. The first-order valence-corrected chi connectivity index (χ1v) is 8.88. The molecule has 0 saturated carbocycles. The molecular weight excluding hydrogens is 252 g/mol. The molecule has 2 aromatic carbocycles. The lowest BCUT2D eigenvalue weighted by molar-refractivity contribution is 0.256. The maximum Gasteiger partial charge on any atom is 0.372 e. The molecule has 19 heavy (non-hydrogen) atoms. The van der Waals surface area contributed by atoms with Crippen molar-refractivity contribution in [1.29, 1.82) is 0 Å². The highest BCUT2D eigenvalue weighted by atomic mass is 28.4. The van der Waals surface area contributed by atoms with Gasteiger partial charge in [0, 0.05) is 19.4 Å². The minimum absolute atomic E-state index is 1.00. The van der Waals surface area contributed by atoms with Crippen LogP contribution in [0.2, 0.25) is 6.04 Å². The molecule has 0 saturated heterocycles. The third-order valence-electron chi connectivity index (χ3n) is 3.72. The van der Waals surface area contributed by atoms with E-state index in [0.717, 1.165) is 18.9 Å². The van der Waals surface area contributed by atoms with Crippen molar-refractivity contribution < 1.29 is 8.85 Å². The SMILES string of the molecule is CCCC[Si](OC)(OC)c1cccc2ccccc12. The maximum atomic E-state index is 5.90. The van der Waals surface area contributed by atoms with Crippen LogP contribution in [-0.4, -0.2) is 22.8 Å². The van der Waals surface area contributed by atoms with Gasteiger partial charge in [0.05, 0.1) is 0 Å². The van der Waals surface area contributed by atoms with Crippen molar-refractivity contribution in [2.45, 2.75) is 25.8 Å². The quantitative estimate of drug-likeness (QED) is 0.750. The van der Waals surface area contributed by atoms with Crippen LogP contribution in [0.5, 0.6) is 0 Å². The first-order chi connectivity index (χ1) is 9.27. The van der Waals surface area contributed by atoms with Gasteiger partial charge in [0.25, 0.3) is 0 Å². The Bertz CT molecular complexity index is 530. The Balaban J connectivity index is 2.55. The molecule has 3 heteroatoms. The molecule has 0 aromatic heterocycles. The number of hydrogen-bond acceptors (Lipinski definition) is 2. The Labute approximate surface area is 116 Å². The average molecular weight is 274 g/mol. The van der Waals surface area contributed by atoms with Crippen molar-refractivity contribution in [1.82, 2.24) is 0 Å². The van der Waals surface area contributed by atoms with Crippen molar-refractivity contribution in [2.24, 2.45) is 0 Å². The van der Waals surface area contributed by atoms with Gasteiger partial charge in [-0.2, -0.15) is 0 Å². The van der Waals surface area contributed by atoms with Gasteiger partial charge in [-0.15, -0.1) is 0 Å². The summed E-state index contributed by atoms with van der Waals surface area (Å²) in [4.78, 5) is 0. The van der Waals surface area contributed by atoms with E-state index in [4.69, 9.17) is 8.85 Å². The van der Waals surface area contributed by atoms with E-state index in [9.17, 15) is 0 Å². The summed E-state index contributed by atoms with van der Waals surface area (Å²) in [6.07, 6.45) is 2.29. The molecule has 0 N–H and O–H groups in total. The van der Waals surface area contributed by atoms with E-state index < -0.39 is 8.56 Å². The van der Waals surface area contributed by atoms with Crippen LogP contribution in [0.1, 0.15) is 19.8 Å². The zero-order chi connectivity index (χ0) is 13.7. The lowest BCUT2D eigenvalue weighted by Crippen LogP contribution is -2.52. The molecule has 0 fully saturated rings. The van der Waals surface area contributed by atoms with Crippen molar-refractivity contribution in [2.75, 3.05) is 14.2 Å². The predicted octanol–water partition coefficient (Wildman–Crippen LogP) is 3.58. The van der Waals surface area contributed by atoms with Gasteiger partial charge in [-0.1, -0.05) is 62.2 Å². The highest BCUT2D eigenvalue weighted by molar-refractivity contribution is 6.83. The normalized spacial score (nSPS) is 11.9. The molecule has 0 unspecified atom stereocenters. The molecule has 0 heterocycles. The second-order valence-corrected chi connectivity index (χ2v) is 8.15. The Morgan fingerprint density at radius 1 is 0.947 bits per heavy atom. The third-order valence-corrected chi connectivity index (χ3v) is 7.31. The Morgan fingerprint density at radius 3 is 2.32 bits per heavy atom. The van der Waals surface area contributed by atoms with E-state index in [1.807, 2.05) is 0 Å². The van der Waals surface area contributed by atoms with E-state index in [1.165, 1.54) is 16.0 Å². The first kappa shape index (κ1) is 14.3. The minimum atomic E-state index is -2.30. The van der Waals surface area contributed by atoms with Gasteiger partial charge in [-0.3, -0.25) is 0 Å². The van der Waals surface area contributed by atoms with Crippen molar-refractivity contribution >= 4 is 24.5 Å². The fourth-order valence-electron chi connectivity index (χ4n) is 2.61. The minimum Gasteiger partial charge on any atom is -0.394 e. The van der Waals surface area contributed by atoms with E-state index in [1.54, 1.807) is 14.2 Å². The van der Waals surface area contributed by atoms with Crippen LogP contribution in [0.25, 0.3) is 10.8 Å². The number of rotatable bonds is 6. The van der Waals surface area contributed by atoms with E-state index in [0.29, 0.717) is 0 Å². The summed E-state index contributed by atoms with van der Waals surface area (Å²) >= 11 is 0. The molecule has 0 aliphatic rings. The van der Waals surface area contributed by atoms with Crippen molar-refractivity contribution in [3.8, 4) is 0 Å². The first-order valence-electron chi connectivity index (χ1n) is 6.86. The van der Waals surface area contributed by atoms with E-state index >= 15 is 0 Å². The highest BCUT2D eigenvalue weighted by Crippen LogP contribution is 2.21. The molecule has 0 aliphatic carbocycles. The van der Waals surface area contributed by atoms with Crippen molar-refractivity contribution in [3.05, 3.63) is 42.5 Å². The largest absolute Gasteiger partial charge is 0.394 e. The predicted molar refractivity (Wildman–Crippen MR) is 83.1 cm³/mol. The van der Waals surface area contributed by atoms with Crippen molar-refractivity contribution in [3.63, 3.8) is 0 Å². The second kappa shape index (κ2) is 6.33. The fourth-order valence-corrected chi connectivity index (χ4v) is 5.70. The second-order valence-electron chi connectivity index (χ2n) is 4.79. The van der Waals surface area contributed by atoms with Gasteiger partial charge in [-0.05, 0) is 16.8 Å². The van der Waals surface area contributed by atoms with Crippen LogP contribution < -0.4 is 5.19 Å². The number of benzene rings is 2. The molecule has 0 bridgehead atoms. The summed E-state index contributed by atoms with van der Waals surface area (Å²) in [6.45, 7) is 2.20. The molecule has 2 aromatic rings. The number of unbranched alkanes of at least 4 members (excludes halogenated alkanes) is 1. The van der Waals surface area contributed by atoms with E-state index in [2.05, 4.69) is 49.4 Å². The summed E-state index contributed by atoms with van der Waals surface area (Å²) in [6, 6.07) is 15.9. The summed E-state index contributed by atoms with van der Waals surface area (Å²) in [7, 11) is 1.26. The van der Waals surface area contributed by atoms with Crippen LogP contribution in [-0.2, 0) is 8.85 Å². The summed E-state index contributed by atoms with van der Waals surface area (Å²) in [5.74, 6) is 0. The van der Waals surface area contributed by atoms with Gasteiger partial charge in [0.15, 0.2) is 0 Å². The molecular formula is C16H22O2Si. The Hall–Kier alpha value is -1.16. The molecule has 0 atom stereocenters. The summed E-state index contributed by atoms with van der Waals surface area (Å²) in [5.41, 5.74) is 0. The monoisotopic (exact) mass is 274 g/mol. The van der Waals surface area contributed by atoms with Crippen LogP contribution >= 0.6 is 0 Å². The van der Waals surface area contributed by atoms with Gasteiger partial charge < -0.3 is 8.85 Å². The third kappa shape index (κ3) is 2.73. The lowest BCUT2D eigenvalue weighted by Gasteiger charge is -2.28. The molecule has 0 aliphatic heterocycles. The molecule has 2 nitrogen and oxygen atoms in total. The topological polar surface area (TPSA) is 18.5 Å².